The highest BCUT2D eigenvalue weighted by molar-refractivity contribution is 9.10. The molecule has 0 amide bonds. The van der Waals surface area contributed by atoms with Crippen molar-refractivity contribution in [3.05, 3.63) is 52.3 Å². The second kappa shape index (κ2) is 4.98. The number of rotatable bonds is 2. The van der Waals surface area contributed by atoms with Gasteiger partial charge >= 0.3 is 0 Å². The minimum absolute atomic E-state index is 0.343. The maximum absolute atomic E-state index is 8.75. The summed E-state index contributed by atoms with van der Waals surface area (Å²) in [5, 5.41) is 8.75. The zero-order valence-electron chi connectivity index (χ0n) is 9.14. The largest absolute Gasteiger partial charge is 0.457 e. The molecule has 1 heterocycles. The highest BCUT2D eigenvalue weighted by atomic mass is 79.9. The highest BCUT2D eigenvalue weighted by Crippen LogP contribution is 2.27. The number of hydrogen-bond donors (Lipinski definition) is 0. The van der Waals surface area contributed by atoms with Gasteiger partial charge in [0.2, 0.25) is 0 Å². The van der Waals surface area contributed by atoms with Crippen molar-refractivity contribution in [2.24, 2.45) is 0 Å². The Morgan fingerprint density at radius 2 is 2.12 bits per heavy atom. The molecule has 0 unspecified atom stereocenters. The van der Waals surface area contributed by atoms with Gasteiger partial charge in [-0.2, -0.15) is 5.26 Å². The third kappa shape index (κ3) is 2.83. The number of aryl methyl sites for hydroxylation is 1. The molecule has 1 aromatic heterocycles. The summed E-state index contributed by atoms with van der Waals surface area (Å²) in [5.74, 6) is 1.37. The lowest BCUT2D eigenvalue weighted by molar-refractivity contribution is 0.477. The molecule has 0 radical (unpaired) electrons. The van der Waals surface area contributed by atoms with E-state index in [0.717, 1.165) is 15.8 Å². The van der Waals surface area contributed by atoms with Crippen LogP contribution >= 0.6 is 15.9 Å². The predicted molar refractivity (Wildman–Crippen MR) is 67.9 cm³/mol. The van der Waals surface area contributed by atoms with E-state index in [0.29, 0.717) is 11.4 Å². The first-order valence-electron chi connectivity index (χ1n) is 4.99. The Labute approximate surface area is 108 Å². The van der Waals surface area contributed by atoms with Gasteiger partial charge in [-0.15, -0.1) is 0 Å². The van der Waals surface area contributed by atoms with Crippen LogP contribution in [0.2, 0.25) is 0 Å². The Kier molecular flexibility index (Phi) is 3.40. The number of aromatic nitrogens is 1. The second-order valence-electron chi connectivity index (χ2n) is 3.50. The minimum atomic E-state index is 0.343. The van der Waals surface area contributed by atoms with Crippen molar-refractivity contribution in [2.75, 3.05) is 0 Å². The molecular weight excluding hydrogens is 280 g/mol. The van der Waals surface area contributed by atoms with Gasteiger partial charge < -0.3 is 4.74 Å². The fraction of sp³-hybridized carbons (Fsp3) is 0.0769. The zero-order valence-corrected chi connectivity index (χ0v) is 10.7. The number of benzene rings is 1. The normalized spacial score (nSPS) is 9.71. The standard InChI is InChI=1S/C13H9BrN2O/c1-9-2-3-10(14)6-13(9)17-12-4-5-16-11(7-12)8-15/h2-7H,1H3. The fourth-order valence-electron chi connectivity index (χ4n) is 1.35. The summed E-state index contributed by atoms with van der Waals surface area (Å²) < 4.78 is 6.66. The number of nitrogens with zero attached hydrogens (tertiary/aromatic N) is 2. The Bertz CT molecular complexity index is 590. The lowest BCUT2D eigenvalue weighted by atomic mass is 10.2. The van der Waals surface area contributed by atoms with E-state index in [1.54, 1.807) is 18.3 Å². The van der Waals surface area contributed by atoms with Gasteiger partial charge in [-0.25, -0.2) is 4.98 Å². The summed E-state index contributed by atoms with van der Waals surface area (Å²) in [6, 6.07) is 11.1. The SMILES string of the molecule is Cc1ccc(Br)cc1Oc1ccnc(C#N)c1. The molecule has 0 aliphatic rings. The number of halogens is 1. The fourth-order valence-corrected chi connectivity index (χ4v) is 1.69. The van der Waals surface area contributed by atoms with Crippen molar-refractivity contribution in [3.63, 3.8) is 0 Å². The van der Waals surface area contributed by atoms with Gasteiger partial charge in [0.15, 0.2) is 0 Å². The van der Waals surface area contributed by atoms with E-state index in [-0.39, 0.29) is 0 Å². The molecule has 0 saturated carbocycles. The van der Waals surface area contributed by atoms with Crippen LogP contribution in [0.1, 0.15) is 11.3 Å². The van der Waals surface area contributed by atoms with E-state index in [1.807, 2.05) is 31.2 Å². The third-order valence-electron chi connectivity index (χ3n) is 2.22. The summed E-state index contributed by atoms with van der Waals surface area (Å²) >= 11 is 3.39. The molecule has 0 aliphatic carbocycles. The summed E-state index contributed by atoms with van der Waals surface area (Å²) in [7, 11) is 0. The summed E-state index contributed by atoms with van der Waals surface area (Å²) in [6.45, 7) is 1.97. The lowest BCUT2D eigenvalue weighted by Gasteiger charge is -2.08. The second-order valence-corrected chi connectivity index (χ2v) is 4.42. The Balaban J connectivity index is 2.31. The summed E-state index contributed by atoms with van der Waals surface area (Å²) in [5.41, 5.74) is 1.37. The Morgan fingerprint density at radius 3 is 2.88 bits per heavy atom. The van der Waals surface area contributed by atoms with Crippen LogP contribution in [0.3, 0.4) is 0 Å². The molecular formula is C13H9BrN2O. The lowest BCUT2D eigenvalue weighted by Crippen LogP contribution is -1.89. The molecule has 84 valence electrons. The van der Waals surface area contributed by atoms with Crippen LogP contribution in [0.4, 0.5) is 0 Å². The first kappa shape index (κ1) is 11.6. The van der Waals surface area contributed by atoms with Crippen molar-refractivity contribution in [3.8, 4) is 17.6 Å². The molecule has 0 fully saturated rings. The van der Waals surface area contributed by atoms with Gasteiger partial charge in [-0.3, -0.25) is 0 Å². The number of pyridine rings is 1. The first-order valence-corrected chi connectivity index (χ1v) is 5.78. The van der Waals surface area contributed by atoms with Crippen LogP contribution in [-0.2, 0) is 0 Å². The maximum Gasteiger partial charge on any atom is 0.144 e. The van der Waals surface area contributed by atoms with Crippen molar-refractivity contribution in [2.45, 2.75) is 6.92 Å². The van der Waals surface area contributed by atoms with Crippen molar-refractivity contribution in [1.29, 1.82) is 5.26 Å². The smallest absolute Gasteiger partial charge is 0.144 e. The maximum atomic E-state index is 8.75. The molecule has 0 aliphatic heterocycles. The highest BCUT2D eigenvalue weighted by Gasteiger charge is 2.03. The average Bonchev–Trinajstić information content (AvgIpc) is 2.34. The van der Waals surface area contributed by atoms with Gasteiger partial charge in [-0.1, -0.05) is 22.0 Å². The van der Waals surface area contributed by atoms with Gasteiger partial charge in [-0.05, 0) is 30.7 Å². The van der Waals surface area contributed by atoms with Gasteiger partial charge in [0, 0.05) is 16.7 Å². The number of hydrogen-bond acceptors (Lipinski definition) is 3. The topological polar surface area (TPSA) is 45.9 Å². The third-order valence-corrected chi connectivity index (χ3v) is 2.72. The number of ether oxygens (including phenoxy) is 1. The monoisotopic (exact) mass is 288 g/mol. The molecule has 2 rings (SSSR count). The molecule has 4 heteroatoms. The van der Waals surface area contributed by atoms with E-state index >= 15 is 0 Å². The van der Waals surface area contributed by atoms with Crippen LogP contribution in [0.5, 0.6) is 11.5 Å². The summed E-state index contributed by atoms with van der Waals surface area (Å²) in [4.78, 5) is 3.89. The van der Waals surface area contributed by atoms with Crippen LogP contribution in [0.25, 0.3) is 0 Å². The van der Waals surface area contributed by atoms with Gasteiger partial charge in [0.25, 0.3) is 0 Å². The van der Waals surface area contributed by atoms with Crippen molar-refractivity contribution in [1.82, 2.24) is 4.98 Å². The molecule has 17 heavy (non-hydrogen) atoms. The van der Waals surface area contributed by atoms with Crippen molar-refractivity contribution >= 4 is 15.9 Å². The number of nitriles is 1. The van der Waals surface area contributed by atoms with Crippen LogP contribution in [0, 0.1) is 18.3 Å². The Morgan fingerprint density at radius 1 is 1.29 bits per heavy atom. The van der Waals surface area contributed by atoms with Crippen molar-refractivity contribution < 1.29 is 4.74 Å². The summed E-state index contributed by atoms with van der Waals surface area (Å²) in [6.07, 6.45) is 1.56. The van der Waals surface area contributed by atoms with E-state index < -0.39 is 0 Å². The molecule has 0 bridgehead atoms. The van der Waals surface area contributed by atoms with Crippen LogP contribution in [-0.4, -0.2) is 4.98 Å². The minimum Gasteiger partial charge on any atom is -0.457 e. The van der Waals surface area contributed by atoms with E-state index in [2.05, 4.69) is 20.9 Å². The Hall–Kier alpha value is -1.86. The quantitative estimate of drug-likeness (QED) is 0.844. The van der Waals surface area contributed by atoms with Crippen LogP contribution < -0.4 is 4.74 Å². The van der Waals surface area contributed by atoms with Gasteiger partial charge in [0.05, 0.1) is 0 Å². The van der Waals surface area contributed by atoms with Gasteiger partial charge in [0.1, 0.15) is 23.3 Å². The molecule has 0 N–H and O–H groups in total. The average molecular weight is 289 g/mol. The molecule has 0 saturated heterocycles. The van der Waals surface area contributed by atoms with E-state index in [9.17, 15) is 0 Å². The van der Waals surface area contributed by atoms with E-state index in [4.69, 9.17) is 10.00 Å². The zero-order chi connectivity index (χ0) is 12.3. The molecule has 1 aromatic carbocycles. The molecule has 0 atom stereocenters. The van der Waals surface area contributed by atoms with Crippen LogP contribution in [0.15, 0.2) is 41.0 Å². The molecule has 0 spiro atoms. The first-order chi connectivity index (χ1) is 8.19. The molecule has 2 aromatic rings. The molecule has 3 nitrogen and oxygen atoms in total. The predicted octanol–water partition coefficient (Wildman–Crippen LogP) is 3.82. The van der Waals surface area contributed by atoms with E-state index in [1.165, 1.54) is 0 Å².